The zero-order valence-corrected chi connectivity index (χ0v) is 31.3. The van der Waals surface area contributed by atoms with Crippen LogP contribution in [0.4, 0.5) is 0 Å². The molecule has 0 bridgehead atoms. The van der Waals surface area contributed by atoms with E-state index in [0.29, 0.717) is 5.56 Å². The Morgan fingerprint density at radius 3 is 1.85 bits per heavy atom. The smallest absolute Gasteiger partial charge is 0.330 e. The molecule has 0 saturated carbocycles. The first-order chi connectivity index (χ1) is 28.9. The van der Waals surface area contributed by atoms with Crippen LogP contribution >= 0.6 is 0 Å². The molecular formula is C39H41O22+. The first-order valence-electron chi connectivity index (χ1n) is 18.2. The summed E-state index contributed by atoms with van der Waals surface area (Å²) in [6.07, 6.45) is -17.2. The zero-order chi connectivity index (χ0) is 44.3. The molecule has 0 aliphatic carbocycles. The quantitative estimate of drug-likeness (QED) is 0.0317. The van der Waals surface area contributed by atoms with Gasteiger partial charge in [-0.1, -0.05) is 12.1 Å². The lowest BCUT2D eigenvalue weighted by molar-refractivity contribution is -0.296. The third kappa shape index (κ3) is 10.2. The average molecular weight is 862 g/mol. The Kier molecular flexibility index (Phi) is 13.4. The highest BCUT2D eigenvalue weighted by atomic mass is 16.7. The van der Waals surface area contributed by atoms with Crippen LogP contribution in [0.3, 0.4) is 0 Å². The van der Waals surface area contributed by atoms with Gasteiger partial charge in [-0.3, -0.25) is 9.59 Å². The third-order valence-corrected chi connectivity index (χ3v) is 9.57. The van der Waals surface area contributed by atoms with E-state index in [9.17, 15) is 70.6 Å². The first-order valence-corrected chi connectivity index (χ1v) is 18.2. The van der Waals surface area contributed by atoms with E-state index >= 15 is 0 Å². The maximum atomic E-state index is 12.5. The van der Waals surface area contributed by atoms with E-state index in [-0.39, 0.29) is 34.1 Å². The van der Waals surface area contributed by atoms with E-state index in [4.69, 9.17) is 33.5 Å². The summed E-state index contributed by atoms with van der Waals surface area (Å²) in [6, 6.07) is 9.99. The van der Waals surface area contributed by atoms with Crippen LogP contribution in [0.1, 0.15) is 29.2 Å². The molecule has 3 aromatic carbocycles. The van der Waals surface area contributed by atoms with Crippen LogP contribution in [-0.4, -0.2) is 159 Å². The van der Waals surface area contributed by atoms with Crippen molar-refractivity contribution in [1.29, 1.82) is 0 Å². The number of rotatable bonds is 13. The molecule has 3 aromatic rings. The number of benzene rings is 3. The lowest BCUT2D eigenvalue weighted by Crippen LogP contribution is -2.60. The van der Waals surface area contributed by atoms with Gasteiger partial charge in [0.1, 0.15) is 91.3 Å². The number of phenolic OH excluding ortho intramolecular Hbond substituents is 5. The number of aliphatic hydroxyl groups excluding tert-OH is 6. The van der Waals surface area contributed by atoms with Gasteiger partial charge in [0, 0.05) is 18.2 Å². The van der Waals surface area contributed by atoms with Crippen molar-refractivity contribution < 1.29 is 109 Å². The summed E-state index contributed by atoms with van der Waals surface area (Å²) in [4.78, 5) is 35.2. The molecule has 3 aliphatic rings. The SMILES string of the molecule is O=C(O)CC(=O)OC[C@H]1O[C@@H](Oc2cc(O)cc3c2C=C(O[C@@H]2O[C@H](COC(=O)/C=C/c4ccc(O)cc4)[C@@H](O)[C@H](O)[C@H]2O)C(c2cc(O)c(O)c(O)c2)[OH+]3)[C@H](O)[C@@H](O)[C@@H]1O. The highest BCUT2D eigenvalue weighted by Gasteiger charge is 2.49. The Labute approximate surface area is 343 Å². The van der Waals surface area contributed by atoms with Crippen molar-refractivity contribution in [3.05, 3.63) is 77.1 Å². The number of carboxylic acid groups (broad SMARTS) is 1. The lowest BCUT2D eigenvalue weighted by Gasteiger charge is -2.41. The number of fused-ring (bicyclic) bond motifs is 1. The number of aliphatic hydroxyl groups is 7. The van der Waals surface area contributed by atoms with Gasteiger partial charge in [0.2, 0.25) is 12.6 Å². The van der Waals surface area contributed by atoms with Crippen LogP contribution in [0.25, 0.3) is 12.2 Å². The molecule has 2 fully saturated rings. The van der Waals surface area contributed by atoms with Crippen molar-refractivity contribution in [1.82, 2.24) is 0 Å². The standard InChI is InChI=1S/C39H40O22/c40-17-4-1-15(2-5-17)3-6-28(46)55-13-25-31(49)34(52)36(54)39(61-25)59-24-11-19-22(57-37(24)16-7-20(42)30(48)21(43)8-16)9-18(41)10-23(19)58-38-35(53)33(51)32(50)26(60-38)14-56-29(47)12-27(44)45/h1-11,25-26,31-43,48-54H,12-14H2,(H,44,45)/p+1/b6-3+/t25-,26-,31-,32-,33+,34+,35-,36-,37?,38-,39-/m1/s1. The summed E-state index contributed by atoms with van der Waals surface area (Å²) in [5, 5.41) is 124. The number of phenols is 5. The zero-order valence-electron chi connectivity index (χ0n) is 31.3. The van der Waals surface area contributed by atoms with Crippen LogP contribution < -0.4 is 4.74 Å². The average Bonchev–Trinajstić information content (AvgIpc) is 3.21. The predicted molar refractivity (Wildman–Crippen MR) is 198 cm³/mol. The predicted octanol–water partition coefficient (Wildman–Crippen LogP) is -1.16. The van der Waals surface area contributed by atoms with E-state index < -0.39 is 128 Å². The first kappa shape index (κ1) is 44.2. The number of aliphatic carboxylic acids is 1. The van der Waals surface area contributed by atoms with Gasteiger partial charge in [0.05, 0.1) is 11.6 Å². The van der Waals surface area contributed by atoms with Gasteiger partial charge >= 0.3 is 17.9 Å². The molecule has 0 radical (unpaired) electrons. The van der Waals surface area contributed by atoms with Gasteiger partial charge < -0.3 is 94.4 Å². The molecule has 3 heterocycles. The van der Waals surface area contributed by atoms with Gasteiger partial charge in [-0.2, -0.15) is 0 Å². The monoisotopic (exact) mass is 861 g/mol. The van der Waals surface area contributed by atoms with Gasteiger partial charge in [-0.05, 0) is 35.9 Å². The Morgan fingerprint density at radius 1 is 0.689 bits per heavy atom. The number of ether oxygens (including phenoxy) is 7. The third-order valence-electron chi connectivity index (χ3n) is 9.57. The van der Waals surface area contributed by atoms with Crippen LogP contribution in [0.2, 0.25) is 0 Å². The molecule has 0 aromatic heterocycles. The van der Waals surface area contributed by atoms with Gasteiger partial charge in [-0.15, -0.1) is 0 Å². The fourth-order valence-corrected chi connectivity index (χ4v) is 6.37. The minimum absolute atomic E-state index is 0.00578. The minimum Gasteiger partial charge on any atom is -0.571 e. The number of esters is 2. The second-order valence-electron chi connectivity index (χ2n) is 13.9. The summed E-state index contributed by atoms with van der Waals surface area (Å²) in [6.45, 7) is -1.45. The normalized spacial score (nSPS) is 28.5. The second-order valence-corrected chi connectivity index (χ2v) is 13.9. The van der Waals surface area contributed by atoms with E-state index in [1.807, 2.05) is 0 Å². The largest absolute Gasteiger partial charge is 0.571 e. The topological polar surface area (TPSA) is 362 Å². The van der Waals surface area contributed by atoms with E-state index in [0.717, 1.165) is 30.3 Å². The van der Waals surface area contributed by atoms with Crippen LogP contribution in [0, 0.1) is 0 Å². The summed E-state index contributed by atoms with van der Waals surface area (Å²) in [7, 11) is 0. The highest BCUT2D eigenvalue weighted by molar-refractivity contribution is 5.90. The Bertz CT molecular complexity index is 2130. The van der Waals surface area contributed by atoms with Crippen molar-refractivity contribution >= 4 is 30.1 Å². The van der Waals surface area contributed by atoms with Crippen molar-refractivity contribution in [2.45, 2.75) is 73.9 Å². The number of aromatic hydroxyl groups is 6. The fraction of sp³-hybridized carbons (Fsp3) is 0.359. The van der Waals surface area contributed by atoms with Crippen LogP contribution in [-0.2, 0) is 38.1 Å². The van der Waals surface area contributed by atoms with E-state index in [1.54, 1.807) is 0 Å². The molecular weight excluding hydrogens is 820 g/mol. The summed E-state index contributed by atoms with van der Waals surface area (Å²) in [5.41, 5.74) is 0.418. The Hall–Kier alpha value is -6.37. The maximum Gasteiger partial charge on any atom is 0.330 e. The molecule has 3 aliphatic heterocycles. The molecule has 0 spiro atoms. The van der Waals surface area contributed by atoms with E-state index in [1.165, 1.54) is 36.4 Å². The molecule has 2 saturated heterocycles. The maximum absolute atomic E-state index is 12.5. The molecule has 22 heteroatoms. The summed E-state index contributed by atoms with van der Waals surface area (Å²) >= 11 is 0. The van der Waals surface area contributed by atoms with E-state index in [2.05, 4.69) is 4.74 Å². The van der Waals surface area contributed by atoms with Crippen molar-refractivity contribution in [2.24, 2.45) is 0 Å². The summed E-state index contributed by atoms with van der Waals surface area (Å²) in [5.74, 6) is -7.29. The van der Waals surface area contributed by atoms with Crippen molar-refractivity contribution in [3.63, 3.8) is 0 Å². The number of hydrogen-bond acceptors (Lipinski definition) is 20. The minimum atomic E-state index is -1.99. The molecule has 1 unspecified atom stereocenters. The van der Waals surface area contributed by atoms with Crippen LogP contribution in [0.5, 0.6) is 40.2 Å². The molecule has 22 nitrogen and oxygen atoms in total. The van der Waals surface area contributed by atoms with Gasteiger partial charge in [-0.25, -0.2) is 4.79 Å². The van der Waals surface area contributed by atoms with Crippen LogP contribution in [0.15, 0.2) is 60.4 Å². The Balaban J connectivity index is 1.28. The molecule has 13 N–H and O–H groups in total. The number of carboxylic acids is 1. The lowest BCUT2D eigenvalue weighted by atomic mass is 9.98. The molecule has 0 amide bonds. The van der Waals surface area contributed by atoms with Crippen molar-refractivity contribution in [2.75, 3.05) is 13.2 Å². The molecule has 11 atom stereocenters. The number of carbonyl (C=O) groups excluding carboxylic acids is 2. The second kappa shape index (κ2) is 18.5. The fourth-order valence-electron chi connectivity index (χ4n) is 6.37. The Morgan fingerprint density at radius 2 is 1.26 bits per heavy atom. The number of carbonyl (C=O) groups is 3. The molecule has 61 heavy (non-hydrogen) atoms. The molecule has 328 valence electrons. The van der Waals surface area contributed by atoms with Gasteiger partial charge in [0.25, 0.3) is 11.9 Å². The van der Waals surface area contributed by atoms with Crippen molar-refractivity contribution in [3.8, 4) is 40.2 Å². The summed E-state index contributed by atoms with van der Waals surface area (Å²) < 4.78 is 37.8. The molecule has 6 rings (SSSR count). The van der Waals surface area contributed by atoms with Gasteiger partial charge in [0.15, 0.2) is 23.0 Å². The number of hydrogen-bond donors (Lipinski definition) is 12. The highest BCUT2D eigenvalue weighted by Crippen LogP contribution is 2.48.